The van der Waals surface area contributed by atoms with E-state index in [1.54, 1.807) is 0 Å². The lowest BCUT2D eigenvalue weighted by molar-refractivity contribution is -0.000527. The fourth-order valence-electron chi connectivity index (χ4n) is 0.844. The van der Waals surface area contributed by atoms with Crippen LogP contribution in [0.1, 0.15) is 33.1 Å². The molecule has 0 aromatic heterocycles. The largest absolute Gasteiger partial charge is 0.230 e. The van der Waals surface area contributed by atoms with Gasteiger partial charge in [0.25, 0.3) is 0 Å². The molecule has 10 heavy (non-hydrogen) atoms. The zero-order valence-corrected chi connectivity index (χ0v) is 6.68. The number of hydrogen-bond acceptors (Lipinski definition) is 4. The van der Waals surface area contributed by atoms with Gasteiger partial charge in [0.05, 0.1) is 0 Å². The molecule has 0 aromatic rings. The van der Waals surface area contributed by atoms with Gasteiger partial charge in [-0.15, -0.1) is 5.59 Å². The van der Waals surface area contributed by atoms with E-state index in [2.05, 4.69) is 29.8 Å². The Hall–Kier alpha value is -0.160. The molecular formula is C6H17N3O. The lowest BCUT2D eigenvalue weighted by atomic mass is 10.1. The van der Waals surface area contributed by atoms with E-state index in [0.717, 1.165) is 19.3 Å². The van der Waals surface area contributed by atoms with E-state index in [9.17, 15) is 0 Å². The van der Waals surface area contributed by atoms with Crippen molar-refractivity contribution in [1.82, 2.24) is 11.0 Å². The summed E-state index contributed by atoms with van der Waals surface area (Å²) >= 11 is 0. The van der Waals surface area contributed by atoms with Crippen molar-refractivity contribution < 1.29 is 4.94 Å². The van der Waals surface area contributed by atoms with Crippen LogP contribution in [-0.4, -0.2) is 6.04 Å². The Morgan fingerprint density at radius 2 is 2.20 bits per heavy atom. The smallest absolute Gasteiger partial charge is 0.0232 e. The normalized spacial score (nSPS) is 13.5. The molecule has 0 bridgehead atoms. The summed E-state index contributed by atoms with van der Waals surface area (Å²) in [5.74, 6) is 4.75. The maximum atomic E-state index is 4.75. The van der Waals surface area contributed by atoms with E-state index in [-0.39, 0.29) is 0 Å². The summed E-state index contributed by atoms with van der Waals surface area (Å²) in [5, 5.41) is 0. The molecule has 0 saturated carbocycles. The van der Waals surface area contributed by atoms with Crippen LogP contribution in [0.2, 0.25) is 0 Å². The van der Waals surface area contributed by atoms with Crippen molar-refractivity contribution in [2.75, 3.05) is 0 Å². The Labute approximate surface area is 62.0 Å². The first-order valence-electron chi connectivity index (χ1n) is 3.71. The van der Waals surface area contributed by atoms with E-state index in [1.807, 2.05) is 0 Å². The fourth-order valence-corrected chi connectivity index (χ4v) is 0.844. The Kier molecular flexibility index (Phi) is 6.84. The monoisotopic (exact) mass is 147 g/mol. The second-order valence-electron chi connectivity index (χ2n) is 2.26. The summed E-state index contributed by atoms with van der Waals surface area (Å²) in [4.78, 5) is 4.16. The third kappa shape index (κ3) is 4.69. The molecule has 0 aromatic carbocycles. The van der Waals surface area contributed by atoms with Crippen LogP contribution < -0.4 is 16.9 Å². The summed E-state index contributed by atoms with van der Waals surface area (Å²) in [5.41, 5.74) is 5.33. The molecule has 0 rings (SSSR count). The standard InChI is InChI=1S/C6H17N3O/c1-3-5-6(4-2)8-9-10-7/h6,8-9H,3-5,7H2,1-2H3. The van der Waals surface area contributed by atoms with Crippen LogP contribution in [0, 0.1) is 0 Å². The van der Waals surface area contributed by atoms with Gasteiger partial charge in [-0.05, 0) is 12.8 Å². The van der Waals surface area contributed by atoms with Crippen molar-refractivity contribution in [3.63, 3.8) is 0 Å². The second kappa shape index (κ2) is 6.95. The van der Waals surface area contributed by atoms with Gasteiger partial charge in [0.15, 0.2) is 0 Å². The molecule has 0 spiro atoms. The summed E-state index contributed by atoms with van der Waals surface area (Å²) in [6.45, 7) is 4.26. The van der Waals surface area contributed by atoms with Crippen LogP contribution in [0.15, 0.2) is 0 Å². The van der Waals surface area contributed by atoms with Crippen LogP contribution in [-0.2, 0) is 4.94 Å². The van der Waals surface area contributed by atoms with Crippen molar-refractivity contribution in [2.24, 2.45) is 5.90 Å². The van der Waals surface area contributed by atoms with E-state index in [4.69, 9.17) is 5.90 Å². The van der Waals surface area contributed by atoms with Crippen LogP contribution in [0.25, 0.3) is 0 Å². The number of nitrogens with one attached hydrogen (secondary N) is 2. The average Bonchev–Trinajstić information content (AvgIpc) is 1.98. The first kappa shape index (κ1) is 9.84. The Bertz CT molecular complexity index is 70.0. The SMILES string of the molecule is CCCC(CC)NNON. The average molecular weight is 147 g/mol. The lowest BCUT2D eigenvalue weighted by Gasteiger charge is -2.14. The highest BCUT2D eigenvalue weighted by molar-refractivity contribution is 4.58. The quantitative estimate of drug-likeness (QED) is 0.478. The highest BCUT2D eigenvalue weighted by Crippen LogP contribution is 1.98. The minimum atomic E-state index is 0.452. The Morgan fingerprint density at radius 3 is 2.60 bits per heavy atom. The second-order valence-corrected chi connectivity index (χ2v) is 2.26. The molecule has 0 amide bonds. The van der Waals surface area contributed by atoms with Gasteiger partial charge in [-0.25, -0.2) is 10.4 Å². The van der Waals surface area contributed by atoms with Gasteiger partial charge in [-0.1, -0.05) is 20.3 Å². The van der Waals surface area contributed by atoms with Gasteiger partial charge >= 0.3 is 0 Å². The van der Waals surface area contributed by atoms with E-state index in [1.165, 1.54) is 0 Å². The number of nitrogens with two attached hydrogens (primary N) is 1. The van der Waals surface area contributed by atoms with Gasteiger partial charge in [0.1, 0.15) is 0 Å². The summed E-state index contributed by atoms with van der Waals surface area (Å²) in [6.07, 6.45) is 3.37. The molecule has 0 aliphatic rings. The molecule has 62 valence electrons. The minimum Gasteiger partial charge on any atom is -0.230 e. The molecule has 0 radical (unpaired) electrons. The highest BCUT2D eigenvalue weighted by Gasteiger charge is 2.01. The third-order valence-corrected chi connectivity index (χ3v) is 1.45. The predicted molar refractivity (Wildman–Crippen MR) is 40.5 cm³/mol. The molecule has 4 nitrogen and oxygen atoms in total. The maximum absolute atomic E-state index is 4.75. The molecule has 0 heterocycles. The van der Waals surface area contributed by atoms with Crippen LogP contribution in [0.4, 0.5) is 0 Å². The minimum absolute atomic E-state index is 0.452. The summed E-state index contributed by atoms with van der Waals surface area (Å²) in [7, 11) is 0. The molecule has 4 N–H and O–H groups in total. The summed E-state index contributed by atoms with van der Waals surface area (Å²) in [6, 6.07) is 0.452. The van der Waals surface area contributed by atoms with Gasteiger partial charge in [0.2, 0.25) is 0 Å². The van der Waals surface area contributed by atoms with Crippen LogP contribution >= 0.6 is 0 Å². The Balaban J connectivity index is 3.21. The molecule has 0 fully saturated rings. The molecule has 0 saturated heterocycles. The van der Waals surface area contributed by atoms with Gasteiger partial charge in [-0.3, -0.25) is 0 Å². The van der Waals surface area contributed by atoms with E-state index >= 15 is 0 Å². The molecule has 4 heteroatoms. The van der Waals surface area contributed by atoms with Crippen molar-refractivity contribution in [2.45, 2.75) is 39.2 Å². The lowest BCUT2D eigenvalue weighted by Crippen LogP contribution is -2.41. The molecular weight excluding hydrogens is 130 g/mol. The van der Waals surface area contributed by atoms with Gasteiger partial charge in [-0.2, -0.15) is 5.90 Å². The van der Waals surface area contributed by atoms with Crippen molar-refractivity contribution >= 4 is 0 Å². The van der Waals surface area contributed by atoms with Gasteiger partial charge in [0, 0.05) is 6.04 Å². The number of hydrogen-bond donors (Lipinski definition) is 3. The maximum Gasteiger partial charge on any atom is 0.0232 e. The van der Waals surface area contributed by atoms with E-state index in [0.29, 0.717) is 6.04 Å². The Morgan fingerprint density at radius 1 is 1.50 bits per heavy atom. The number of hydrazine groups is 1. The van der Waals surface area contributed by atoms with Crippen LogP contribution in [0.5, 0.6) is 0 Å². The molecule has 1 atom stereocenters. The molecule has 0 aliphatic heterocycles. The van der Waals surface area contributed by atoms with E-state index < -0.39 is 0 Å². The third-order valence-electron chi connectivity index (χ3n) is 1.45. The molecule has 0 aliphatic carbocycles. The fraction of sp³-hybridized carbons (Fsp3) is 1.00. The van der Waals surface area contributed by atoms with Crippen LogP contribution in [0.3, 0.4) is 0 Å². The summed E-state index contributed by atoms with van der Waals surface area (Å²) < 4.78 is 0. The zero-order valence-electron chi connectivity index (χ0n) is 6.68. The zero-order chi connectivity index (χ0) is 7.82. The van der Waals surface area contributed by atoms with Crippen molar-refractivity contribution in [3.05, 3.63) is 0 Å². The van der Waals surface area contributed by atoms with Crippen molar-refractivity contribution in [3.8, 4) is 0 Å². The molecule has 1 unspecified atom stereocenters. The topological polar surface area (TPSA) is 59.3 Å². The first-order valence-corrected chi connectivity index (χ1v) is 3.71. The predicted octanol–water partition coefficient (Wildman–Crippen LogP) is 0.465. The van der Waals surface area contributed by atoms with Crippen molar-refractivity contribution in [1.29, 1.82) is 0 Å². The van der Waals surface area contributed by atoms with Gasteiger partial charge < -0.3 is 0 Å². The first-order chi connectivity index (χ1) is 4.85. The highest BCUT2D eigenvalue weighted by atomic mass is 16.8. The number of rotatable bonds is 6.